The molecule has 1 amide bonds. The first-order valence-corrected chi connectivity index (χ1v) is 8.98. The van der Waals surface area contributed by atoms with Crippen molar-refractivity contribution in [2.75, 3.05) is 18.4 Å². The molecule has 2 N–H and O–H groups in total. The second-order valence-corrected chi connectivity index (χ2v) is 6.19. The molecule has 2 aromatic carbocycles. The number of hydrogen-bond acceptors (Lipinski definition) is 3. The fraction of sp³-hybridized carbons (Fsp3) is 0.182. The third-order valence-corrected chi connectivity index (χ3v) is 4.22. The van der Waals surface area contributed by atoms with Gasteiger partial charge in [-0.3, -0.25) is 4.79 Å². The number of rotatable bonds is 8. The maximum Gasteiger partial charge on any atom is 0.251 e. The van der Waals surface area contributed by atoms with Crippen molar-refractivity contribution in [1.29, 1.82) is 0 Å². The molecule has 0 fully saturated rings. The molecule has 3 aromatic rings. The summed E-state index contributed by atoms with van der Waals surface area (Å²) in [6.45, 7) is 1.11. The van der Waals surface area contributed by atoms with E-state index in [-0.39, 0.29) is 11.7 Å². The van der Waals surface area contributed by atoms with E-state index in [2.05, 4.69) is 15.6 Å². The Balaban J connectivity index is 1.49. The molecule has 0 aliphatic carbocycles. The highest BCUT2D eigenvalue weighted by atomic mass is 19.1. The normalized spacial score (nSPS) is 10.4. The Kier molecular flexibility index (Phi) is 6.52. The van der Waals surface area contributed by atoms with Gasteiger partial charge in [-0.15, -0.1) is 0 Å². The highest BCUT2D eigenvalue weighted by Gasteiger charge is 2.07. The van der Waals surface area contributed by atoms with E-state index >= 15 is 0 Å². The Morgan fingerprint density at radius 3 is 2.52 bits per heavy atom. The van der Waals surface area contributed by atoms with Crippen LogP contribution in [0.2, 0.25) is 0 Å². The first kappa shape index (κ1) is 18.6. The predicted molar refractivity (Wildman–Crippen MR) is 105 cm³/mol. The lowest BCUT2D eigenvalue weighted by Crippen LogP contribution is -2.25. The standard InChI is InChI=1S/C22H22FN3O/c23-20-9-5-4-8-18(20)11-14-24-21-16-19(12-15-25-21)22(27)26-13-10-17-6-2-1-3-7-17/h1-9,12,15-16H,10-11,13-14H2,(H,24,25)(H,26,27). The number of anilines is 1. The van der Waals surface area contributed by atoms with Gasteiger partial charge < -0.3 is 10.6 Å². The molecule has 4 nitrogen and oxygen atoms in total. The molecule has 0 spiro atoms. The summed E-state index contributed by atoms with van der Waals surface area (Å²) in [5.41, 5.74) is 2.38. The quantitative estimate of drug-likeness (QED) is 0.639. The number of halogens is 1. The van der Waals surface area contributed by atoms with Gasteiger partial charge in [-0.05, 0) is 42.2 Å². The average Bonchev–Trinajstić information content (AvgIpc) is 2.70. The first-order chi connectivity index (χ1) is 13.2. The molecule has 0 aliphatic rings. The van der Waals surface area contributed by atoms with Gasteiger partial charge in [-0.1, -0.05) is 48.5 Å². The number of pyridine rings is 1. The van der Waals surface area contributed by atoms with Gasteiger partial charge in [0.25, 0.3) is 5.91 Å². The van der Waals surface area contributed by atoms with Crippen molar-refractivity contribution in [2.24, 2.45) is 0 Å². The number of benzene rings is 2. The van der Waals surface area contributed by atoms with Crippen LogP contribution in [0.5, 0.6) is 0 Å². The van der Waals surface area contributed by atoms with Crippen LogP contribution in [0.15, 0.2) is 72.9 Å². The van der Waals surface area contributed by atoms with Gasteiger partial charge in [0.05, 0.1) is 0 Å². The summed E-state index contributed by atoms with van der Waals surface area (Å²) in [6.07, 6.45) is 2.92. The molecule has 0 unspecified atom stereocenters. The Bertz CT molecular complexity index is 883. The SMILES string of the molecule is O=C(NCCc1ccccc1)c1ccnc(NCCc2ccccc2F)c1. The molecule has 1 heterocycles. The number of aromatic nitrogens is 1. The zero-order chi connectivity index (χ0) is 18.9. The number of amides is 1. The van der Waals surface area contributed by atoms with Crippen molar-refractivity contribution in [3.05, 3.63) is 95.4 Å². The first-order valence-electron chi connectivity index (χ1n) is 8.98. The molecule has 3 rings (SSSR count). The van der Waals surface area contributed by atoms with Gasteiger partial charge in [0.1, 0.15) is 11.6 Å². The number of nitrogens with one attached hydrogen (secondary N) is 2. The van der Waals surface area contributed by atoms with Crippen molar-refractivity contribution in [3.63, 3.8) is 0 Å². The van der Waals surface area contributed by atoms with E-state index in [0.29, 0.717) is 36.5 Å². The van der Waals surface area contributed by atoms with Crippen LogP contribution in [0.1, 0.15) is 21.5 Å². The maximum absolute atomic E-state index is 13.6. The van der Waals surface area contributed by atoms with Gasteiger partial charge >= 0.3 is 0 Å². The van der Waals surface area contributed by atoms with E-state index < -0.39 is 0 Å². The largest absolute Gasteiger partial charge is 0.370 e. The summed E-state index contributed by atoms with van der Waals surface area (Å²) in [6, 6.07) is 20.1. The summed E-state index contributed by atoms with van der Waals surface area (Å²) >= 11 is 0. The monoisotopic (exact) mass is 363 g/mol. The average molecular weight is 363 g/mol. The molecule has 1 aromatic heterocycles. The van der Waals surface area contributed by atoms with Crippen LogP contribution in [-0.2, 0) is 12.8 Å². The van der Waals surface area contributed by atoms with Crippen molar-refractivity contribution >= 4 is 11.7 Å². The van der Waals surface area contributed by atoms with E-state index in [0.717, 1.165) is 6.42 Å². The minimum absolute atomic E-state index is 0.134. The van der Waals surface area contributed by atoms with Crippen molar-refractivity contribution < 1.29 is 9.18 Å². The Labute approximate surface area is 158 Å². The lowest BCUT2D eigenvalue weighted by atomic mass is 10.1. The Morgan fingerprint density at radius 2 is 1.70 bits per heavy atom. The van der Waals surface area contributed by atoms with Crippen LogP contribution in [0, 0.1) is 5.82 Å². The molecule has 138 valence electrons. The topological polar surface area (TPSA) is 54.0 Å². The summed E-state index contributed by atoms with van der Waals surface area (Å²) in [5.74, 6) is 0.256. The molecule has 5 heteroatoms. The second-order valence-electron chi connectivity index (χ2n) is 6.19. The van der Waals surface area contributed by atoms with Crippen molar-refractivity contribution in [2.45, 2.75) is 12.8 Å². The smallest absolute Gasteiger partial charge is 0.251 e. The highest BCUT2D eigenvalue weighted by Crippen LogP contribution is 2.10. The fourth-order valence-electron chi connectivity index (χ4n) is 2.76. The fourth-order valence-corrected chi connectivity index (χ4v) is 2.76. The zero-order valence-electron chi connectivity index (χ0n) is 15.0. The van der Waals surface area contributed by atoms with Crippen LogP contribution in [0.4, 0.5) is 10.2 Å². The van der Waals surface area contributed by atoms with Crippen LogP contribution in [-0.4, -0.2) is 24.0 Å². The van der Waals surface area contributed by atoms with Gasteiger partial charge in [-0.2, -0.15) is 0 Å². The number of carbonyl (C=O) groups is 1. The summed E-state index contributed by atoms with van der Waals surface area (Å²) in [7, 11) is 0. The molecule has 27 heavy (non-hydrogen) atoms. The third kappa shape index (κ3) is 5.64. The molecule has 0 aliphatic heterocycles. The van der Waals surface area contributed by atoms with Gasteiger partial charge in [0.15, 0.2) is 0 Å². The number of carbonyl (C=O) groups excluding carboxylic acids is 1. The lowest BCUT2D eigenvalue weighted by molar-refractivity contribution is 0.0954. The summed E-state index contributed by atoms with van der Waals surface area (Å²) in [4.78, 5) is 16.5. The minimum atomic E-state index is -0.209. The summed E-state index contributed by atoms with van der Waals surface area (Å²) < 4.78 is 13.6. The Morgan fingerprint density at radius 1 is 0.926 bits per heavy atom. The van der Waals surface area contributed by atoms with E-state index in [9.17, 15) is 9.18 Å². The molecule has 0 saturated heterocycles. The number of hydrogen-bond donors (Lipinski definition) is 2. The van der Waals surface area contributed by atoms with Crippen LogP contribution in [0.25, 0.3) is 0 Å². The number of nitrogens with zero attached hydrogens (tertiary/aromatic N) is 1. The van der Waals surface area contributed by atoms with Gasteiger partial charge in [0.2, 0.25) is 0 Å². The molecular formula is C22H22FN3O. The zero-order valence-corrected chi connectivity index (χ0v) is 15.0. The van der Waals surface area contributed by atoms with Gasteiger partial charge in [0, 0.05) is 24.8 Å². The van der Waals surface area contributed by atoms with E-state index in [1.54, 1.807) is 30.5 Å². The molecule has 0 bridgehead atoms. The van der Waals surface area contributed by atoms with E-state index in [4.69, 9.17) is 0 Å². The highest BCUT2D eigenvalue weighted by molar-refractivity contribution is 5.94. The summed E-state index contributed by atoms with van der Waals surface area (Å²) in [5, 5.41) is 6.06. The van der Waals surface area contributed by atoms with E-state index in [1.807, 2.05) is 36.4 Å². The molecule has 0 saturated carbocycles. The van der Waals surface area contributed by atoms with Crippen LogP contribution in [0.3, 0.4) is 0 Å². The third-order valence-electron chi connectivity index (χ3n) is 4.22. The van der Waals surface area contributed by atoms with Crippen LogP contribution >= 0.6 is 0 Å². The lowest BCUT2D eigenvalue weighted by Gasteiger charge is -2.09. The van der Waals surface area contributed by atoms with Crippen molar-refractivity contribution in [3.8, 4) is 0 Å². The molecule has 0 atom stereocenters. The second kappa shape index (κ2) is 9.48. The van der Waals surface area contributed by atoms with Gasteiger partial charge in [-0.25, -0.2) is 9.37 Å². The maximum atomic E-state index is 13.6. The minimum Gasteiger partial charge on any atom is -0.370 e. The molecular weight excluding hydrogens is 341 g/mol. The predicted octanol–water partition coefficient (Wildman–Crippen LogP) is 3.85. The van der Waals surface area contributed by atoms with E-state index in [1.165, 1.54) is 11.6 Å². The van der Waals surface area contributed by atoms with Crippen LogP contribution < -0.4 is 10.6 Å². The molecule has 0 radical (unpaired) electrons. The van der Waals surface area contributed by atoms with Crippen molar-refractivity contribution in [1.82, 2.24) is 10.3 Å². The Hall–Kier alpha value is -3.21.